The average molecular weight is 542 g/mol. The van der Waals surface area contributed by atoms with Crippen LogP contribution < -0.4 is 0 Å². The van der Waals surface area contributed by atoms with E-state index in [2.05, 4.69) is 73.7 Å². The van der Waals surface area contributed by atoms with Crippen molar-refractivity contribution in [3.05, 3.63) is 144 Å². The van der Waals surface area contributed by atoms with Crippen LogP contribution in [0.15, 0.2) is 132 Å². The number of benzene rings is 5. The Hall–Kier alpha value is -5.35. The van der Waals surface area contributed by atoms with Gasteiger partial charge in [-0.25, -0.2) is 15.0 Å². The van der Waals surface area contributed by atoms with Crippen molar-refractivity contribution in [3.8, 4) is 34.2 Å². The van der Waals surface area contributed by atoms with Crippen molar-refractivity contribution in [2.24, 2.45) is 0 Å². The fraction of sp³-hybridized carbons (Fsp3) is 0.0789. The Morgan fingerprint density at radius 1 is 0.571 bits per heavy atom. The molecule has 0 fully saturated rings. The normalized spacial score (nSPS) is 16.1. The summed E-state index contributed by atoms with van der Waals surface area (Å²) in [5.74, 6) is 2.92. The molecule has 4 heteroatoms. The molecule has 7 aromatic rings. The monoisotopic (exact) mass is 541 g/mol. The van der Waals surface area contributed by atoms with Gasteiger partial charge in [-0.05, 0) is 34.9 Å². The van der Waals surface area contributed by atoms with Gasteiger partial charge in [0.1, 0.15) is 11.3 Å². The molecule has 0 amide bonds. The van der Waals surface area contributed by atoms with Crippen LogP contribution in [0, 0.1) is 0 Å². The van der Waals surface area contributed by atoms with Crippen LogP contribution in [0.3, 0.4) is 0 Å². The van der Waals surface area contributed by atoms with Crippen molar-refractivity contribution in [2.75, 3.05) is 0 Å². The molecule has 0 N–H and O–H groups in total. The van der Waals surface area contributed by atoms with E-state index in [1.807, 2.05) is 66.7 Å². The second-order valence-electron chi connectivity index (χ2n) is 11.0. The SMILES string of the molecule is CC1(c2ccc(-c3nc(-c4ccccc4)nc(-c4ccccc4)n3)c3ccccc23)CC=Cc2oc3ccccc3c21. The average Bonchev–Trinajstić information content (AvgIpc) is 3.45. The van der Waals surface area contributed by atoms with Gasteiger partial charge in [-0.2, -0.15) is 0 Å². The molecule has 0 saturated carbocycles. The first kappa shape index (κ1) is 24.4. The van der Waals surface area contributed by atoms with Crippen LogP contribution in [0.25, 0.3) is 62.0 Å². The summed E-state index contributed by atoms with van der Waals surface area (Å²) in [7, 11) is 0. The molecule has 2 heterocycles. The van der Waals surface area contributed by atoms with E-state index >= 15 is 0 Å². The molecular formula is C38H27N3O. The van der Waals surface area contributed by atoms with E-state index in [-0.39, 0.29) is 5.41 Å². The molecule has 42 heavy (non-hydrogen) atoms. The third-order valence-electron chi connectivity index (χ3n) is 8.43. The smallest absolute Gasteiger partial charge is 0.164 e. The summed E-state index contributed by atoms with van der Waals surface area (Å²) in [4.78, 5) is 14.9. The zero-order valence-electron chi connectivity index (χ0n) is 23.2. The number of fused-ring (bicyclic) bond motifs is 4. The molecule has 1 aliphatic carbocycles. The van der Waals surface area contributed by atoms with Gasteiger partial charge in [0, 0.05) is 33.1 Å². The number of nitrogens with zero attached hydrogens (tertiary/aromatic N) is 3. The molecule has 5 aromatic carbocycles. The van der Waals surface area contributed by atoms with Crippen LogP contribution in [0.2, 0.25) is 0 Å². The lowest BCUT2D eigenvalue weighted by atomic mass is 9.69. The minimum atomic E-state index is -0.266. The van der Waals surface area contributed by atoms with Crippen LogP contribution in [0.4, 0.5) is 0 Å². The molecule has 0 saturated heterocycles. The predicted molar refractivity (Wildman–Crippen MR) is 170 cm³/mol. The molecule has 0 spiro atoms. The minimum Gasteiger partial charge on any atom is -0.456 e. The second kappa shape index (κ2) is 9.64. The Bertz CT molecular complexity index is 2070. The third kappa shape index (κ3) is 3.87. The van der Waals surface area contributed by atoms with E-state index < -0.39 is 0 Å². The minimum absolute atomic E-state index is 0.266. The Labute approximate surface area is 244 Å². The molecular weight excluding hydrogens is 514 g/mol. The first-order valence-corrected chi connectivity index (χ1v) is 14.3. The van der Waals surface area contributed by atoms with Crippen molar-refractivity contribution in [3.63, 3.8) is 0 Å². The quantitative estimate of drug-likeness (QED) is 0.223. The molecule has 8 rings (SSSR count). The molecule has 2 aromatic heterocycles. The van der Waals surface area contributed by atoms with Crippen LogP contribution in [-0.2, 0) is 5.41 Å². The highest BCUT2D eigenvalue weighted by Crippen LogP contribution is 2.48. The fourth-order valence-electron chi connectivity index (χ4n) is 6.40. The molecule has 1 aliphatic rings. The first-order valence-electron chi connectivity index (χ1n) is 14.3. The zero-order valence-corrected chi connectivity index (χ0v) is 23.2. The van der Waals surface area contributed by atoms with Crippen LogP contribution in [-0.4, -0.2) is 15.0 Å². The van der Waals surface area contributed by atoms with Crippen molar-refractivity contribution >= 4 is 27.8 Å². The first-order chi connectivity index (χ1) is 20.7. The maximum absolute atomic E-state index is 6.31. The van der Waals surface area contributed by atoms with Gasteiger partial charge >= 0.3 is 0 Å². The highest BCUT2D eigenvalue weighted by atomic mass is 16.3. The van der Waals surface area contributed by atoms with E-state index in [1.165, 1.54) is 21.9 Å². The van der Waals surface area contributed by atoms with E-state index in [9.17, 15) is 0 Å². The van der Waals surface area contributed by atoms with Gasteiger partial charge in [0.05, 0.1) is 0 Å². The second-order valence-corrected chi connectivity index (χ2v) is 11.0. The van der Waals surface area contributed by atoms with Crippen molar-refractivity contribution in [1.29, 1.82) is 0 Å². The number of hydrogen-bond donors (Lipinski definition) is 0. The zero-order chi connectivity index (χ0) is 28.1. The highest BCUT2D eigenvalue weighted by molar-refractivity contribution is 5.99. The summed E-state index contributed by atoms with van der Waals surface area (Å²) < 4.78 is 6.31. The molecule has 0 radical (unpaired) electrons. The number of rotatable bonds is 4. The Morgan fingerprint density at radius 3 is 1.83 bits per heavy atom. The maximum atomic E-state index is 6.31. The maximum Gasteiger partial charge on any atom is 0.164 e. The lowest BCUT2D eigenvalue weighted by Crippen LogP contribution is -2.25. The third-order valence-corrected chi connectivity index (χ3v) is 8.43. The molecule has 0 aliphatic heterocycles. The van der Waals surface area contributed by atoms with Crippen LogP contribution in [0.5, 0.6) is 0 Å². The molecule has 4 nitrogen and oxygen atoms in total. The van der Waals surface area contributed by atoms with Gasteiger partial charge in [0.25, 0.3) is 0 Å². The highest BCUT2D eigenvalue weighted by Gasteiger charge is 2.37. The van der Waals surface area contributed by atoms with Crippen LogP contribution >= 0.6 is 0 Å². The summed E-state index contributed by atoms with van der Waals surface area (Å²) >= 11 is 0. The molecule has 200 valence electrons. The van der Waals surface area contributed by atoms with E-state index in [4.69, 9.17) is 19.4 Å². The van der Waals surface area contributed by atoms with Crippen LogP contribution in [0.1, 0.15) is 30.2 Å². The number of allylic oxidation sites excluding steroid dienone is 1. The number of furan rings is 1. The number of para-hydroxylation sites is 1. The van der Waals surface area contributed by atoms with Gasteiger partial charge in [-0.1, -0.05) is 128 Å². The largest absolute Gasteiger partial charge is 0.456 e. The number of hydrogen-bond acceptors (Lipinski definition) is 4. The molecule has 0 bridgehead atoms. The van der Waals surface area contributed by atoms with E-state index in [0.717, 1.165) is 39.8 Å². The Kier molecular flexibility index (Phi) is 5.61. The summed E-state index contributed by atoms with van der Waals surface area (Å²) in [6, 6.07) is 41.6. The summed E-state index contributed by atoms with van der Waals surface area (Å²) in [5, 5.41) is 3.47. The lowest BCUT2D eigenvalue weighted by Gasteiger charge is -2.33. The standard InChI is InChI=1S/C38H27N3O/c1-38(24-12-21-33-34(38)30-19-10-11-20-32(30)42-33)31-23-22-29(27-17-8-9-18-28(27)31)37-40-35(25-13-4-2-5-14-25)39-36(41-37)26-15-6-3-7-16-26/h2-23H,24H2,1H3. The summed E-state index contributed by atoms with van der Waals surface area (Å²) in [6.45, 7) is 2.34. The van der Waals surface area contributed by atoms with Crippen molar-refractivity contribution < 1.29 is 4.42 Å². The van der Waals surface area contributed by atoms with Gasteiger partial charge in [0.15, 0.2) is 17.5 Å². The Balaban J connectivity index is 1.35. The molecule has 1 unspecified atom stereocenters. The van der Waals surface area contributed by atoms with Crippen molar-refractivity contribution in [1.82, 2.24) is 15.0 Å². The van der Waals surface area contributed by atoms with Gasteiger partial charge in [0.2, 0.25) is 0 Å². The summed E-state index contributed by atoms with van der Waals surface area (Å²) in [5.41, 5.74) is 6.07. The van der Waals surface area contributed by atoms with E-state index in [0.29, 0.717) is 17.5 Å². The fourth-order valence-corrected chi connectivity index (χ4v) is 6.40. The van der Waals surface area contributed by atoms with Gasteiger partial charge < -0.3 is 4.42 Å². The van der Waals surface area contributed by atoms with Gasteiger partial charge in [-0.3, -0.25) is 0 Å². The topological polar surface area (TPSA) is 51.8 Å². The predicted octanol–water partition coefficient (Wildman–Crippen LogP) is 9.49. The molecule has 1 atom stereocenters. The number of aromatic nitrogens is 3. The van der Waals surface area contributed by atoms with Gasteiger partial charge in [-0.15, -0.1) is 0 Å². The Morgan fingerprint density at radius 2 is 1.14 bits per heavy atom. The van der Waals surface area contributed by atoms with Crippen molar-refractivity contribution in [2.45, 2.75) is 18.8 Å². The summed E-state index contributed by atoms with van der Waals surface area (Å²) in [6.07, 6.45) is 5.24. The van der Waals surface area contributed by atoms with E-state index in [1.54, 1.807) is 0 Å². The lowest BCUT2D eigenvalue weighted by molar-refractivity contribution is 0.538.